The summed E-state index contributed by atoms with van der Waals surface area (Å²) < 4.78 is 9.22. The highest BCUT2D eigenvalue weighted by molar-refractivity contribution is 7.09. The molecule has 1 saturated carbocycles. The molecule has 36 heavy (non-hydrogen) atoms. The molecule has 0 bridgehead atoms. The maximum Gasteiger partial charge on any atom is 0.270 e. The van der Waals surface area contributed by atoms with Crippen LogP contribution in [-0.2, 0) is 11.3 Å². The lowest BCUT2D eigenvalue weighted by Gasteiger charge is -2.32. The summed E-state index contributed by atoms with van der Waals surface area (Å²) >= 11 is 0.784. The van der Waals surface area contributed by atoms with E-state index in [4.69, 9.17) is 16.2 Å². The van der Waals surface area contributed by atoms with Crippen LogP contribution in [0.1, 0.15) is 63.0 Å². The van der Waals surface area contributed by atoms with Crippen LogP contribution in [0.15, 0.2) is 48.8 Å². The number of aromatic nitrogens is 2. The molecule has 10 nitrogen and oxygen atoms in total. The van der Waals surface area contributed by atoms with Crippen LogP contribution in [0.5, 0.6) is 5.75 Å². The third kappa shape index (κ3) is 5.46. The Morgan fingerprint density at radius 2 is 1.81 bits per heavy atom. The molecular weight excluding hydrogens is 480 g/mol. The number of hydrogen-bond donors (Lipinski definition) is 3. The van der Waals surface area contributed by atoms with Crippen LogP contribution in [0, 0.1) is 0 Å². The van der Waals surface area contributed by atoms with Crippen molar-refractivity contribution in [1.29, 1.82) is 0 Å². The number of ether oxygens (including phenoxy) is 1. The van der Waals surface area contributed by atoms with Gasteiger partial charge in [-0.1, -0.05) is 25.0 Å². The highest BCUT2D eigenvalue weighted by atomic mass is 32.1. The standard InChI is InChI=1S/C25H28N6O4S/c1-35-18-8-6-15(7-9-18)14-31(25(34)22-19(26)20(23(27)32)30-36-22)21(16-10-12-28-13-11-16)24(33)29-17-4-2-3-5-17/h6-13,17,21H,2-5,14,26H2,1H3,(H2,27,32)(H,29,33). The van der Waals surface area contributed by atoms with Gasteiger partial charge in [-0.3, -0.25) is 19.4 Å². The predicted octanol–water partition coefficient (Wildman–Crippen LogP) is 2.67. The number of amides is 3. The van der Waals surface area contributed by atoms with E-state index in [0.717, 1.165) is 42.8 Å². The average molecular weight is 509 g/mol. The first-order chi connectivity index (χ1) is 17.4. The number of nitrogens with one attached hydrogen (secondary N) is 1. The normalized spacial score (nSPS) is 14.2. The number of benzene rings is 1. The van der Waals surface area contributed by atoms with Crippen LogP contribution in [0.3, 0.4) is 0 Å². The maximum absolute atomic E-state index is 13.9. The second kappa shape index (κ2) is 11.2. The van der Waals surface area contributed by atoms with E-state index in [0.29, 0.717) is 11.3 Å². The molecule has 1 aliphatic carbocycles. The fraction of sp³-hybridized carbons (Fsp3) is 0.320. The average Bonchev–Trinajstić information content (AvgIpc) is 3.54. The molecule has 1 aromatic carbocycles. The summed E-state index contributed by atoms with van der Waals surface area (Å²) in [6.45, 7) is 0.0944. The van der Waals surface area contributed by atoms with Crippen molar-refractivity contribution in [2.24, 2.45) is 5.73 Å². The van der Waals surface area contributed by atoms with Gasteiger partial charge in [-0.15, -0.1) is 0 Å². The van der Waals surface area contributed by atoms with Gasteiger partial charge in [-0.25, -0.2) is 0 Å². The van der Waals surface area contributed by atoms with Gasteiger partial charge in [0.25, 0.3) is 11.8 Å². The molecule has 188 valence electrons. The molecule has 2 aromatic heterocycles. The molecule has 0 aliphatic heterocycles. The van der Waals surface area contributed by atoms with Gasteiger partial charge in [0.2, 0.25) is 5.91 Å². The second-order valence-electron chi connectivity index (χ2n) is 8.59. The molecule has 0 saturated heterocycles. The second-order valence-corrected chi connectivity index (χ2v) is 9.37. The summed E-state index contributed by atoms with van der Waals surface area (Å²) in [6, 6.07) is 9.70. The fourth-order valence-electron chi connectivity index (χ4n) is 4.34. The highest BCUT2D eigenvalue weighted by Gasteiger charge is 2.36. The smallest absolute Gasteiger partial charge is 0.270 e. The summed E-state index contributed by atoms with van der Waals surface area (Å²) in [6.07, 6.45) is 7.04. The molecule has 2 heterocycles. The number of anilines is 1. The number of primary amides is 1. The lowest BCUT2D eigenvalue weighted by atomic mass is 10.0. The quantitative estimate of drug-likeness (QED) is 0.401. The van der Waals surface area contributed by atoms with Gasteiger partial charge in [0.05, 0.1) is 12.8 Å². The van der Waals surface area contributed by atoms with Crippen molar-refractivity contribution in [3.8, 4) is 5.75 Å². The van der Waals surface area contributed by atoms with Crippen molar-refractivity contribution in [1.82, 2.24) is 19.6 Å². The molecule has 4 rings (SSSR count). The first-order valence-electron chi connectivity index (χ1n) is 11.6. The Kier molecular flexibility index (Phi) is 7.79. The summed E-state index contributed by atoms with van der Waals surface area (Å²) in [4.78, 5) is 44.9. The van der Waals surface area contributed by atoms with Crippen molar-refractivity contribution in [2.75, 3.05) is 12.8 Å². The van der Waals surface area contributed by atoms with E-state index in [9.17, 15) is 14.4 Å². The molecule has 1 unspecified atom stereocenters. The Morgan fingerprint density at radius 3 is 2.39 bits per heavy atom. The van der Waals surface area contributed by atoms with Crippen molar-refractivity contribution in [3.05, 3.63) is 70.5 Å². The van der Waals surface area contributed by atoms with Crippen molar-refractivity contribution < 1.29 is 19.1 Å². The van der Waals surface area contributed by atoms with Gasteiger partial charge in [0.15, 0.2) is 5.69 Å². The number of rotatable bonds is 9. The van der Waals surface area contributed by atoms with Gasteiger partial charge >= 0.3 is 0 Å². The molecule has 1 fully saturated rings. The highest BCUT2D eigenvalue weighted by Crippen LogP contribution is 2.31. The summed E-state index contributed by atoms with van der Waals surface area (Å²) in [7, 11) is 1.57. The SMILES string of the molecule is COc1ccc(CN(C(=O)c2snc(C(N)=O)c2N)C(C(=O)NC2CCCC2)c2ccncc2)cc1. The predicted molar refractivity (Wildman–Crippen MR) is 135 cm³/mol. The largest absolute Gasteiger partial charge is 0.497 e. The van der Waals surface area contributed by atoms with E-state index in [1.807, 2.05) is 12.1 Å². The Bertz CT molecular complexity index is 1230. The van der Waals surface area contributed by atoms with E-state index in [2.05, 4.69) is 14.7 Å². The van der Waals surface area contributed by atoms with Crippen LogP contribution in [0.25, 0.3) is 0 Å². The number of nitrogens with zero attached hydrogens (tertiary/aromatic N) is 3. The first-order valence-corrected chi connectivity index (χ1v) is 12.4. The lowest BCUT2D eigenvalue weighted by Crippen LogP contribution is -2.45. The van der Waals surface area contributed by atoms with Crippen LogP contribution in [-0.4, -0.2) is 45.1 Å². The molecule has 0 radical (unpaired) electrons. The Hall–Kier alpha value is -3.99. The van der Waals surface area contributed by atoms with Crippen LogP contribution in [0.4, 0.5) is 5.69 Å². The lowest BCUT2D eigenvalue weighted by molar-refractivity contribution is -0.126. The number of nitrogens with two attached hydrogens (primary N) is 2. The minimum atomic E-state index is -0.971. The molecule has 0 spiro atoms. The van der Waals surface area contributed by atoms with Gasteiger partial charge in [-0.2, -0.15) is 4.37 Å². The minimum Gasteiger partial charge on any atom is -0.497 e. The van der Waals surface area contributed by atoms with E-state index < -0.39 is 17.9 Å². The third-order valence-electron chi connectivity index (χ3n) is 6.21. The molecule has 1 atom stereocenters. The Balaban J connectivity index is 1.77. The topological polar surface area (TPSA) is 154 Å². The van der Waals surface area contributed by atoms with Crippen LogP contribution < -0.4 is 21.5 Å². The number of hydrogen-bond acceptors (Lipinski definition) is 8. The first kappa shape index (κ1) is 25.1. The summed E-state index contributed by atoms with van der Waals surface area (Å²) in [5.74, 6) is -0.988. The van der Waals surface area contributed by atoms with Crippen molar-refractivity contribution in [2.45, 2.75) is 44.3 Å². The van der Waals surface area contributed by atoms with Gasteiger partial charge in [0, 0.05) is 25.0 Å². The number of methoxy groups -OCH3 is 1. The Labute approximate surface area is 212 Å². The van der Waals surface area contributed by atoms with Gasteiger partial charge in [-0.05, 0) is 59.8 Å². The third-order valence-corrected chi connectivity index (χ3v) is 7.06. The van der Waals surface area contributed by atoms with Crippen LogP contribution in [0.2, 0.25) is 0 Å². The van der Waals surface area contributed by atoms with E-state index in [1.165, 1.54) is 4.90 Å². The fourth-order valence-corrected chi connectivity index (χ4v) is 5.10. The van der Waals surface area contributed by atoms with Crippen molar-refractivity contribution >= 4 is 34.9 Å². The number of carbonyl (C=O) groups excluding carboxylic acids is 3. The molecule has 5 N–H and O–H groups in total. The summed E-state index contributed by atoms with van der Waals surface area (Å²) in [5.41, 5.74) is 12.6. The molecule has 3 amide bonds. The molecule has 11 heteroatoms. The van der Waals surface area contributed by atoms with Gasteiger partial charge < -0.3 is 26.4 Å². The zero-order chi connectivity index (χ0) is 25.7. The van der Waals surface area contributed by atoms with Crippen LogP contribution >= 0.6 is 11.5 Å². The van der Waals surface area contributed by atoms with Crippen molar-refractivity contribution in [3.63, 3.8) is 0 Å². The number of pyridine rings is 1. The van der Waals surface area contributed by atoms with E-state index in [1.54, 1.807) is 43.8 Å². The van der Waals surface area contributed by atoms with E-state index >= 15 is 0 Å². The number of nitrogen functional groups attached to an aromatic ring is 1. The molecule has 1 aliphatic rings. The minimum absolute atomic E-state index is 0.0463. The Morgan fingerprint density at radius 1 is 1.14 bits per heavy atom. The zero-order valence-corrected chi connectivity index (χ0v) is 20.7. The molecule has 3 aromatic rings. The molecular formula is C25H28N6O4S. The number of carbonyl (C=O) groups is 3. The van der Waals surface area contributed by atoms with E-state index in [-0.39, 0.29) is 34.8 Å². The summed E-state index contributed by atoms with van der Waals surface area (Å²) in [5, 5.41) is 3.12. The van der Waals surface area contributed by atoms with Gasteiger partial charge in [0.1, 0.15) is 16.7 Å². The zero-order valence-electron chi connectivity index (χ0n) is 19.8. The monoisotopic (exact) mass is 508 g/mol. The maximum atomic E-state index is 13.9.